The smallest absolute Gasteiger partial charge is 0.0784 e. The molecule has 10 heavy (non-hydrogen) atoms. The Morgan fingerprint density at radius 3 is 1.80 bits per heavy atom. The summed E-state index contributed by atoms with van der Waals surface area (Å²) in [5, 5.41) is 0. The van der Waals surface area contributed by atoms with Crippen LogP contribution in [0.1, 0.15) is 11.7 Å². The van der Waals surface area contributed by atoms with Gasteiger partial charge in [-0.3, -0.25) is 0 Å². The second-order valence-corrected chi connectivity index (χ2v) is 1.94. The lowest BCUT2D eigenvalue weighted by atomic mass is 10.2. The Morgan fingerprint density at radius 2 is 1.50 bits per heavy atom. The van der Waals surface area contributed by atoms with Gasteiger partial charge in [0.1, 0.15) is 0 Å². The third-order valence-electron chi connectivity index (χ3n) is 1.18. The first-order valence-corrected chi connectivity index (χ1v) is 2.87. The highest BCUT2D eigenvalue weighted by molar-refractivity contribution is 5.16. The summed E-state index contributed by atoms with van der Waals surface area (Å²) < 4.78 is 0. The Kier molecular flexibility index (Phi) is 3.64. The van der Waals surface area contributed by atoms with Gasteiger partial charge in [-0.2, -0.15) is 0 Å². The molecule has 0 heterocycles. The Balaban J connectivity index is 0.000000810. The van der Waals surface area contributed by atoms with Crippen LogP contribution in [0, 0.1) is 0 Å². The maximum absolute atomic E-state index is 5.39. The Morgan fingerprint density at radius 1 is 1.00 bits per heavy atom. The zero-order valence-corrected chi connectivity index (χ0v) is 5.62. The maximum atomic E-state index is 5.39. The molecule has 0 fully saturated rings. The Hall–Kier alpha value is -0.900. The molecule has 0 saturated carbocycles. The van der Waals surface area contributed by atoms with E-state index in [1.165, 1.54) is 0 Å². The van der Waals surface area contributed by atoms with E-state index in [-0.39, 0.29) is 11.6 Å². The summed E-state index contributed by atoms with van der Waals surface area (Å²) >= 11 is 0. The minimum Gasteiger partial charge on any atom is -0.412 e. The van der Waals surface area contributed by atoms with Gasteiger partial charge < -0.3 is 16.9 Å². The van der Waals surface area contributed by atoms with Crippen LogP contribution in [0.3, 0.4) is 0 Å². The quantitative estimate of drug-likeness (QED) is 0.528. The van der Waals surface area contributed by atoms with Gasteiger partial charge in [0, 0.05) is 0 Å². The molecule has 1 rings (SSSR count). The molecule has 0 spiro atoms. The van der Waals surface area contributed by atoms with Crippen molar-refractivity contribution in [3.05, 3.63) is 35.9 Å². The molecule has 6 N–H and O–H groups in total. The molecule has 56 valence electrons. The van der Waals surface area contributed by atoms with Crippen LogP contribution >= 0.6 is 0 Å². The summed E-state index contributed by atoms with van der Waals surface area (Å²) in [6.07, 6.45) is -0.341. The predicted molar refractivity (Wildman–Crippen MR) is 41.2 cm³/mol. The van der Waals surface area contributed by atoms with Gasteiger partial charge >= 0.3 is 0 Å². The molecule has 0 radical (unpaired) electrons. The maximum Gasteiger partial charge on any atom is 0.0784 e. The van der Waals surface area contributed by atoms with Crippen LogP contribution in [0.25, 0.3) is 0 Å². The van der Waals surface area contributed by atoms with E-state index in [1.807, 2.05) is 30.3 Å². The molecular weight excluding hydrogens is 128 g/mol. The number of hydrogen-bond acceptors (Lipinski definition) is 2. The van der Waals surface area contributed by atoms with E-state index in [0.29, 0.717) is 0 Å². The first kappa shape index (κ1) is 9.10. The summed E-state index contributed by atoms with van der Waals surface area (Å²) in [6, 6.07) is 9.59. The zero-order valence-electron chi connectivity index (χ0n) is 5.62. The summed E-state index contributed by atoms with van der Waals surface area (Å²) in [6.45, 7) is 0. The molecule has 1 aromatic rings. The molecule has 3 nitrogen and oxygen atoms in total. The van der Waals surface area contributed by atoms with E-state index in [4.69, 9.17) is 11.5 Å². The van der Waals surface area contributed by atoms with Crippen molar-refractivity contribution in [3.63, 3.8) is 0 Å². The minimum atomic E-state index is -0.341. The van der Waals surface area contributed by atoms with Crippen LogP contribution in [-0.4, -0.2) is 5.48 Å². The highest BCUT2D eigenvalue weighted by atomic mass is 16.0. The van der Waals surface area contributed by atoms with E-state index in [1.54, 1.807) is 0 Å². The van der Waals surface area contributed by atoms with Crippen LogP contribution in [0.2, 0.25) is 0 Å². The van der Waals surface area contributed by atoms with Gasteiger partial charge in [0.25, 0.3) is 0 Å². The fourth-order valence-electron chi connectivity index (χ4n) is 0.675. The first-order chi connectivity index (χ1) is 4.30. The van der Waals surface area contributed by atoms with Crippen LogP contribution in [0.4, 0.5) is 0 Å². The van der Waals surface area contributed by atoms with Crippen LogP contribution in [0.5, 0.6) is 0 Å². The first-order valence-electron chi connectivity index (χ1n) is 2.87. The Bertz CT molecular complexity index is 174. The van der Waals surface area contributed by atoms with E-state index >= 15 is 0 Å². The molecule has 0 saturated heterocycles. The number of hydrogen-bond donors (Lipinski definition) is 2. The zero-order chi connectivity index (χ0) is 6.69. The van der Waals surface area contributed by atoms with Crippen molar-refractivity contribution in [1.82, 2.24) is 0 Å². The van der Waals surface area contributed by atoms with Gasteiger partial charge in [-0.05, 0) is 5.56 Å². The Labute approximate surface area is 60.0 Å². The van der Waals surface area contributed by atoms with Crippen molar-refractivity contribution >= 4 is 0 Å². The second kappa shape index (κ2) is 4.00. The van der Waals surface area contributed by atoms with Crippen molar-refractivity contribution in [1.29, 1.82) is 0 Å². The fraction of sp³-hybridized carbons (Fsp3) is 0.143. The van der Waals surface area contributed by atoms with Crippen molar-refractivity contribution in [3.8, 4) is 0 Å². The molecule has 3 heteroatoms. The average Bonchev–Trinajstić information content (AvgIpc) is 1.90. The third-order valence-corrected chi connectivity index (χ3v) is 1.18. The lowest BCUT2D eigenvalue weighted by Crippen LogP contribution is -2.19. The molecule has 0 unspecified atom stereocenters. The fourth-order valence-corrected chi connectivity index (χ4v) is 0.675. The van der Waals surface area contributed by atoms with Crippen LogP contribution < -0.4 is 11.5 Å². The van der Waals surface area contributed by atoms with Crippen molar-refractivity contribution in [2.75, 3.05) is 0 Å². The summed E-state index contributed by atoms with van der Waals surface area (Å²) in [4.78, 5) is 0. The topological polar surface area (TPSA) is 83.5 Å². The number of rotatable bonds is 1. The van der Waals surface area contributed by atoms with E-state index in [9.17, 15) is 0 Å². The minimum absolute atomic E-state index is 0. The van der Waals surface area contributed by atoms with Crippen LogP contribution in [0.15, 0.2) is 30.3 Å². The SMILES string of the molecule is NC(N)c1ccccc1.O. The average molecular weight is 140 g/mol. The second-order valence-electron chi connectivity index (χ2n) is 1.94. The molecule has 0 aliphatic rings. The van der Waals surface area contributed by atoms with E-state index in [0.717, 1.165) is 5.56 Å². The standard InChI is InChI=1S/C7H10N2.H2O/c8-7(9)6-4-2-1-3-5-6;/h1-5,7H,8-9H2;1H2. The molecular formula is C7H12N2O. The molecule has 0 atom stereocenters. The van der Waals surface area contributed by atoms with Crippen molar-refractivity contribution < 1.29 is 5.48 Å². The lowest BCUT2D eigenvalue weighted by molar-refractivity contribution is 0.774. The third kappa shape index (κ3) is 2.14. The van der Waals surface area contributed by atoms with Gasteiger partial charge in [-0.1, -0.05) is 30.3 Å². The molecule has 0 aromatic heterocycles. The highest BCUT2D eigenvalue weighted by Crippen LogP contribution is 2.01. The number of benzene rings is 1. The van der Waals surface area contributed by atoms with Gasteiger partial charge in [-0.25, -0.2) is 0 Å². The van der Waals surface area contributed by atoms with Gasteiger partial charge in [0.15, 0.2) is 0 Å². The van der Waals surface area contributed by atoms with Gasteiger partial charge in [-0.15, -0.1) is 0 Å². The summed E-state index contributed by atoms with van der Waals surface area (Å²) in [5.41, 5.74) is 11.8. The van der Waals surface area contributed by atoms with Gasteiger partial charge in [0.2, 0.25) is 0 Å². The summed E-state index contributed by atoms with van der Waals surface area (Å²) in [5.74, 6) is 0. The van der Waals surface area contributed by atoms with Gasteiger partial charge in [0.05, 0.1) is 6.17 Å². The monoisotopic (exact) mass is 140 g/mol. The van der Waals surface area contributed by atoms with Crippen molar-refractivity contribution in [2.45, 2.75) is 6.17 Å². The molecule has 0 aliphatic heterocycles. The van der Waals surface area contributed by atoms with Crippen LogP contribution in [-0.2, 0) is 0 Å². The highest BCUT2D eigenvalue weighted by Gasteiger charge is 1.93. The van der Waals surface area contributed by atoms with E-state index in [2.05, 4.69) is 0 Å². The predicted octanol–water partition coefficient (Wildman–Crippen LogP) is -0.222. The summed E-state index contributed by atoms with van der Waals surface area (Å²) in [7, 11) is 0. The van der Waals surface area contributed by atoms with E-state index < -0.39 is 0 Å². The molecule has 0 aliphatic carbocycles. The molecule has 0 bridgehead atoms. The number of nitrogens with two attached hydrogens (primary N) is 2. The molecule has 0 amide bonds. The van der Waals surface area contributed by atoms with Crippen molar-refractivity contribution in [2.24, 2.45) is 11.5 Å². The largest absolute Gasteiger partial charge is 0.412 e. The normalized spacial score (nSPS) is 9.10. The molecule has 1 aromatic carbocycles. The lowest BCUT2D eigenvalue weighted by Gasteiger charge is -2.02.